The molecule has 0 unspecified atom stereocenters. The number of amides is 3. The van der Waals surface area contributed by atoms with E-state index in [-0.39, 0.29) is 6.54 Å². The van der Waals surface area contributed by atoms with Crippen LogP contribution in [0.15, 0.2) is 0 Å². The van der Waals surface area contributed by atoms with Crippen LogP contribution in [0.4, 0.5) is 4.79 Å². The van der Waals surface area contributed by atoms with Gasteiger partial charge < -0.3 is 20.6 Å². The number of nitrogens with zero attached hydrogens (tertiary/aromatic N) is 2. The molecule has 0 aromatic rings. The first kappa shape index (κ1) is 14.8. The monoisotopic (exact) mass is 241 g/mol. The smallest absolute Gasteiger partial charge is 0.323 e. The molecule has 0 saturated heterocycles. The summed E-state index contributed by atoms with van der Waals surface area (Å²) < 4.78 is 0. The van der Waals surface area contributed by atoms with Gasteiger partial charge >= 0.3 is 12.0 Å². The normalized spacial score (nSPS) is 9.18. The summed E-state index contributed by atoms with van der Waals surface area (Å²) in [5.74, 6) is 0.269. The summed E-state index contributed by atoms with van der Waals surface area (Å²) in [6.07, 6.45) is 5.08. The summed E-state index contributed by atoms with van der Waals surface area (Å²) in [7, 11) is 0. The molecular formula is C10H15N3O4. The molecule has 0 spiro atoms. The van der Waals surface area contributed by atoms with Crippen molar-refractivity contribution in [3.8, 4) is 12.3 Å². The third kappa shape index (κ3) is 5.41. The molecule has 0 rings (SSSR count). The van der Waals surface area contributed by atoms with Crippen molar-refractivity contribution in [2.24, 2.45) is 5.73 Å². The summed E-state index contributed by atoms with van der Waals surface area (Å²) >= 11 is 0. The van der Waals surface area contributed by atoms with Crippen molar-refractivity contribution in [3.05, 3.63) is 0 Å². The van der Waals surface area contributed by atoms with E-state index in [1.165, 1.54) is 4.90 Å². The lowest BCUT2D eigenvalue weighted by Crippen LogP contribution is -2.48. The molecule has 0 radical (unpaired) electrons. The van der Waals surface area contributed by atoms with Gasteiger partial charge in [0.1, 0.15) is 13.1 Å². The van der Waals surface area contributed by atoms with Gasteiger partial charge in [0, 0.05) is 6.54 Å². The molecule has 17 heavy (non-hydrogen) atoms. The minimum absolute atomic E-state index is 0.0458. The van der Waals surface area contributed by atoms with Crippen molar-refractivity contribution in [3.63, 3.8) is 0 Å². The molecule has 0 fully saturated rings. The van der Waals surface area contributed by atoms with Crippen molar-refractivity contribution in [1.29, 1.82) is 0 Å². The maximum absolute atomic E-state index is 11.8. The molecule has 3 N–H and O–H groups in total. The van der Waals surface area contributed by atoms with Gasteiger partial charge in [-0.3, -0.25) is 9.59 Å². The van der Waals surface area contributed by atoms with Crippen molar-refractivity contribution in [2.45, 2.75) is 6.92 Å². The minimum Gasteiger partial charge on any atom is -0.480 e. The third-order valence-corrected chi connectivity index (χ3v) is 1.88. The fourth-order valence-corrected chi connectivity index (χ4v) is 1.17. The number of terminal acetylenes is 1. The van der Waals surface area contributed by atoms with Gasteiger partial charge in [-0.15, -0.1) is 6.42 Å². The average Bonchev–Trinajstić information content (AvgIpc) is 2.22. The predicted molar refractivity (Wildman–Crippen MR) is 59.9 cm³/mol. The Morgan fingerprint density at radius 3 is 2.24 bits per heavy atom. The van der Waals surface area contributed by atoms with Gasteiger partial charge in [0.15, 0.2) is 0 Å². The van der Waals surface area contributed by atoms with Gasteiger partial charge in [0.25, 0.3) is 0 Å². The average molecular weight is 241 g/mol. The van der Waals surface area contributed by atoms with Crippen LogP contribution in [0.5, 0.6) is 0 Å². The second kappa shape index (κ2) is 7.11. The zero-order chi connectivity index (χ0) is 13.4. The fourth-order valence-electron chi connectivity index (χ4n) is 1.17. The number of carbonyl (C=O) groups is 3. The lowest BCUT2D eigenvalue weighted by Gasteiger charge is -2.26. The van der Waals surface area contributed by atoms with E-state index < -0.39 is 31.0 Å². The number of urea groups is 1. The fraction of sp³-hybridized carbons (Fsp3) is 0.500. The quantitative estimate of drug-likeness (QED) is 0.578. The molecule has 0 aromatic heterocycles. The Labute approximate surface area is 99.2 Å². The maximum atomic E-state index is 11.8. The number of carbonyl (C=O) groups excluding carboxylic acids is 2. The molecule has 0 aliphatic heterocycles. The van der Waals surface area contributed by atoms with E-state index in [0.29, 0.717) is 6.54 Å². The number of primary amides is 1. The Kier molecular flexibility index (Phi) is 6.18. The zero-order valence-electron chi connectivity index (χ0n) is 9.55. The van der Waals surface area contributed by atoms with E-state index in [2.05, 4.69) is 5.92 Å². The molecule has 0 saturated carbocycles. The first-order chi connectivity index (χ1) is 7.92. The molecule has 0 bridgehead atoms. The van der Waals surface area contributed by atoms with Gasteiger partial charge in [0.2, 0.25) is 5.91 Å². The minimum atomic E-state index is -1.23. The highest BCUT2D eigenvalue weighted by molar-refractivity contribution is 5.86. The molecule has 7 nitrogen and oxygen atoms in total. The number of hydrogen-bond acceptors (Lipinski definition) is 3. The second-order valence-electron chi connectivity index (χ2n) is 3.22. The number of nitrogens with two attached hydrogens (primary N) is 1. The number of carboxylic acids is 1. The Morgan fingerprint density at radius 2 is 1.88 bits per heavy atom. The van der Waals surface area contributed by atoms with E-state index in [0.717, 1.165) is 4.90 Å². The molecular weight excluding hydrogens is 226 g/mol. The van der Waals surface area contributed by atoms with E-state index >= 15 is 0 Å². The van der Waals surface area contributed by atoms with Gasteiger partial charge in [-0.05, 0) is 6.92 Å². The summed E-state index contributed by atoms with van der Waals surface area (Å²) in [6, 6.07) is -0.619. The Balaban J connectivity index is 4.77. The van der Waals surface area contributed by atoms with Crippen LogP contribution in [0.2, 0.25) is 0 Å². The lowest BCUT2D eigenvalue weighted by molar-refractivity contribution is -0.138. The van der Waals surface area contributed by atoms with Crippen molar-refractivity contribution in [1.82, 2.24) is 9.80 Å². The molecule has 3 amide bonds. The summed E-state index contributed by atoms with van der Waals surface area (Å²) in [4.78, 5) is 35.2. The SMILES string of the molecule is C#CCN(CC)C(=O)N(CC(N)=O)CC(=O)O. The van der Waals surface area contributed by atoms with Crippen LogP contribution in [-0.2, 0) is 9.59 Å². The lowest BCUT2D eigenvalue weighted by atomic mass is 10.4. The molecule has 0 atom stereocenters. The molecule has 94 valence electrons. The standard InChI is InChI=1S/C10H15N3O4/c1-3-5-12(4-2)10(17)13(6-8(11)14)7-9(15)16/h1H,4-7H2,2H3,(H2,11,14)(H,15,16). The summed E-state index contributed by atoms with van der Waals surface area (Å²) in [6.45, 7) is 1.01. The Bertz CT molecular complexity index is 332. The highest BCUT2D eigenvalue weighted by Gasteiger charge is 2.22. The van der Waals surface area contributed by atoms with E-state index in [4.69, 9.17) is 17.3 Å². The molecule has 0 aliphatic rings. The van der Waals surface area contributed by atoms with Gasteiger partial charge in [-0.1, -0.05) is 5.92 Å². The Morgan fingerprint density at radius 1 is 1.29 bits per heavy atom. The number of hydrogen-bond donors (Lipinski definition) is 2. The van der Waals surface area contributed by atoms with Crippen molar-refractivity contribution in [2.75, 3.05) is 26.2 Å². The highest BCUT2D eigenvalue weighted by atomic mass is 16.4. The van der Waals surface area contributed by atoms with Crippen LogP contribution >= 0.6 is 0 Å². The van der Waals surface area contributed by atoms with Crippen LogP contribution in [-0.4, -0.2) is 59.0 Å². The molecule has 0 heterocycles. The van der Waals surface area contributed by atoms with Crippen LogP contribution < -0.4 is 5.73 Å². The third-order valence-electron chi connectivity index (χ3n) is 1.88. The Hall–Kier alpha value is -2.23. The molecule has 0 aromatic carbocycles. The van der Waals surface area contributed by atoms with Crippen LogP contribution in [0.25, 0.3) is 0 Å². The maximum Gasteiger partial charge on any atom is 0.323 e. The molecule has 7 heteroatoms. The largest absolute Gasteiger partial charge is 0.480 e. The van der Waals surface area contributed by atoms with E-state index in [9.17, 15) is 14.4 Å². The zero-order valence-corrected chi connectivity index (χ0v) is 9.55. The summed E-state index contributed by atoms with van der Waals surface area (Å²) in [5.41, 5.74) is 4.94. The first-order valence-corrected chi connectivity index (χ1v) is 4.89. The van der Waals surface area contributed by atoms with Crippen molar-refractivity contribution < 1.29 is 19.5 Å². The molecule has 0 aliphatic carbocycles. The number of aliphatic carboxylic acids is 1. The summed E-state index contributed by atoms with van der Waals surface area (Å²) in [5, 5.41) is 8.63. The topological polar surface area (TPSA) is 104 Å². The number of carboxylic acid groups (broad SMARTS) is 1. The van der Waals surface area contributed by atoms with Gasteiger partial charge in [-0.2, -0.15) is 0 Å². The first-order valence-electron chi connectivity index (χ1n) is 4.89. The predicted octanol–water partition coefficient (Wildman–Crippen LogP) is -1.07. The van der Waals surface area contributed by atoms with Gasteiger partial charge in [0.05, 0.1) is 6.54 Å². The van der Waals surface area contributed by atoms with Crippen LogP contribution in [0.3, 0.4) is 0 Å². The van der Waals surface area contributed by atoms with Crippen LogP contribution in [0, 0.1) is 12.3 Å². The van der Waals surface area contributed by atoms with E-state index in [1.54, 1.807) is 6.92 Å². The van der Waals surface area contributed by atoms with Gasteiger partial charge in [-0.25, -0.2) is 4.79 Å². The van der Waals surface area contributed by atoms with E-state index in [1.807, 2.05) is 0 Å². The van der Waals surface area contributed by atoms with Crippen LogP contribution in [0.1, 0.15) is 6.92 Å². The second-order valence-corrected chi connectivity index (χ2v) is 3.22. The number of rotatable bonds is 6. The highest BCUT2D eigenvalue weighted by Crippen LogP contribution is 1.98. The van der Waals surface area contributed by atoms with Crippen molar-refractivity contribution >= 4 is 17.9 Å².